The number of halogens is 1. The largest absolute Gasteiger partial charge is 0.493 e. The first-order valence-electron chi connectivity index (χ1n) is 10.5. The van der Waals surface area contributed by atoms with Gasteiger partial charge in [0.25, 0.3) is 5.91 Å². The van der Waals surface area contributed by atoms with Crippen LogP contribution in [0, 0.1) is 6.92 Å². The fourth-order valence-corrected chi connectivity index (χ4v) is 4.78. The van der Waals surface area contributed by atoms with Crippen molar-refractivity contribution in [3.8, 4) is 17.2 Å². The third-order valence-electron chi connectivity index (χ3n) is 4.61. The van der Waals surface area contributed by atoms with Gasteiger partial charge in [-0.15, -0.1) is 0 Å². The number of thiocarbonyl (C=S) groups is 1. The van der Waals surface area contributed by atoms with Gasteiger partial charge in [0.15, 0.2) is 11.5 Å². The summed E-state index contributed by atoms with van der Waals surface area (Å²) in [6.07, 6.45) is 2.47. The van der Waals surface area contributed by atoms with E-state index in [1.54, 1.807) is 17.0 Å². The van der Waals surface area contributed by atoms with Gasteiger partial charge < -0.3 is 14.2 Å². The normalized spacial score (nSPS) is 14.9. The van der Waals surface area contributed by atoms with Crippen LogP contribution in [0.15, 0.2) is 41.3 Å². The fourth-order valence-electron chi connectivity index (χ4n) is 3.13. The van der Waals surface area contributed by atoms with E-state index in [-0.39, 0.29) is 5.91 Å². The van der Waals surface area contributed by atoms with Crippen LogP contribution in [0.5, 0.6) is 17.2 Å². The van der Waals surface area contributed by atoms with Gasteiger partial charge in [-0.2, -0.15) is 0 Å². The Morgan fingerprint density at radius 3 is 2.59 bits per heavy atom. The standard InChI is InChI=1S/C24H26ClNO4S2/c1-4-26-23(27)21(32-24(26)31)15-17-13-19(25)22(20(14-17)28-5-2)30-11-7-10-29-18-9-6-8-16(3)12-18/h6,8-9,12-15H,4-5,7,10-11H2,1-3H3. The summed E-state index contributed by atoms with van der Waals surface area (Å²) < 4.78 is 18.0. The zero-order valence-corrected chi connectivity index (χ0v) is 20.7. The molecule has 3 rings (SSSR count). The highest BCUT2D eigenvalue weighted by Crippen LogP contribution is 2.39. The number of hydrogen-bond acceptors (Lipinski definition) is 6. The van der Waals surface area contributed by atoms with Crippen molar-refractivity contribution < 1.29 is 19.0 Å². The molecule has 170 valence electrons. The summed E-state index contributed by atoms with van der Waals surface area (Å²) >= 11 is 13.1. The van der Waals surface area contributed by atoms with E-state index < -0.39 is 0 Å². The van der Waals surface area contributed by atoms with Crippen LogP contribution in [0.25, 0.3) is 6.08 Å². The van der Waals surface area contributed by atoms with Crippen molar-refractivity contribution in [3.63, 3.8) is 0 Å². The Bertz CT molecular complexity index is 1030. The second-order valence-electron chi connectivity index (χ2n) is 7.06. The molecule has 0 N–H and O–H groups in total. The molecule has 0 unspecified atom stereocenters. The Hall–Kier alpha value is -2.22. The lowest BCUT2D eigenvalue weighted by molar-refractivity contribution is -0.121. The molecule has 5 nitrogen and oxygen atoms in total. The van der Waals surface area contributed by atoms with Crippen molar-refractivity contribution >= 4 is 51.9 Å². The minimum absolute atomic E-state index is 0.0921. The van der Waals surface area contributed by atoms with Crippen molar-refractivity contribution in [2.75, 3.05) is 26.4 Å². The number of hydrogen-bond donors (Lipinski definition) is 0. The molecule has 0 atom stereocenters. The number of carbonyl (C=O) groups excluding carboxylic acids is 1. The molecule has 0 spiro atoms. The quantitative estimate of drug-likeness (QED) is 0.227. The third kappa shape index (κ3) is 6.18. The monoisotopic (exact) mass is 491 g/mol. The Balaban J connectivity index is 1.66. The maximum absolute atomic E-state index is 12.5. The molecule has 0 aromatic heterocycles. The molecule has 1 fully saturated rings. The molecule has 1 aliphatic heterocycles. The highest BCUT2D eigenvalue weighted by Gasteiger charge is 2.30. The van der Waals surface area contributed by atoms with Crippen molar-refractivity contribution in [3.05, 3.63) is 57.5 Å². The van der Waals surface area contributed by atoms with Gasteiger partial charge in [0.2, 0.25) is 0 Å². The molecule has 0 radical (unpaired) electrons. The summed E-state index contributed by atoms with van der Waals surface area (Å²) in [7, 11) is 0. The van der Waals surface area contributed by atoms with Crippen molar-refractivity contribution in [2.24, 2.45) is 0 Å². The molecule has 0 saturated carbocycles. The third-order valence-corrected chi connectivity index (χ3v) is 6.27. The van der Waals surface area contributed by atoms with Crippen molar-refractivity contribution in [1.29, 1.82) is 0 Å². The van der Waals surface area contributed by atoms with Gasteiger partial charge in [-0.1, -0.05) is 47.7 Å². The molecule has 1 heterocycles. The predicted octanol–water partition coefficient (Wildman–Crippen LogP) is 6.12. The summed E-state index contributed by atoms with van der Waals surface area (Å²) in [4.78, 5) is 14.6. The summed E-state index contributed by atoms with van der Waals surface area (Å²) in [6.45, 7) is 7.80. The van der Waals surface area contributed by atoms with Crippen LogP contribution in [0.4, 0.5) is 0 Å². The summed E-state index contributed by atoms with van der Waals surface area (Å²) in [5.74, 6) is 1.78. The second kappa shape index (κ2) is 11.6. The van der Waals surface area contributed by atoms with E-state index in [9.17, 15) is 4.79 Å². The molecule has 1 aliphatic rings. The van der Waals surface area contributed by atoms with Gasteiger partial charge in [0, 0.05) is 13.0 Å². The van der Waals surface area contributed by atoms with Crippen LogP contribution in [-0.2, 0) is 4.79 Å². The van der Waals surface area contributed by atoms with Gasteiger partial charge in [-0.3, -0.25) is 9.69 Å². The zero-order chi connectivity index (χ0) is 23.1. The number of likely N-dealkylation sites (N-methyl/N-ethyl adjacent to an activating group) is 1. The Labute approximate surface area is 203 Å². The molecule has 8 heteroatoms. The van der Waals surface area contributed by atoms with Gasteiger partial charge in [-0.05, 0) is 62.2 Å². The van der Waals surface area contributed by atoms with Gasteiger partial charge in [0.1, 0.15) is 10.1 Å². The Kier molecular flexibility index (Phi) is 8.84. The molecule has 0 aliphatic carbocycles. The van der Waals surface area contributed by atoms with E-state index in [4.69, 9.17) is 38.0 Å². The van der Waals surface area contributed by atoms with E-state index in [0.29, 0.717) is 58.5 Å². The molecule has 1 amide bonds. The molecule has 1 saturated heterocycles. The van der Waals surface area contributed by atoms with E-state index in [2.05, 4.69) is 0 Å². The van der Waals surface area contributed by atoms with E-state index >= 15 is 0 Å². The maximum Gasteiger partial charge on any atom is 0.266 e. The number of ether oxygens (including phenoxy) is 3. The number of rotatable bonds is 10. The highest BCUT2D eigenvalue weighted by molar-refractivity contribution is 8.26. The van der Waals surface area contributed by atoms with Crippen LogP contribution >= 0.6 is 35.6 Å². The van der Waals surface area contributed by atoms with Gasteiger partial charge in [-0.25, -0.2) is 0 Å². The van der Waals surface area contributed by atoms with Crippen molar-refractivity contribution in [2.45, 2.75) is 27.2 Å². The minimum Gasteiger partial charge on any atom is -0.493 e. The fraction of sp³-hybridized carbons (Fsp3) is 0.333. The average molecular weight is 492 g/mol. The SMILES string of the molecule is CCOc1cc(C=C2SC(=S)N(CC)C2=O)cc(Cl)c1OCCCOc1cccc(C)c1. The lowest BCUT2D eigenvalue weighted by Crippen LogP contribution is -2.27. The first-order chi connectivity index (χ1) is 15.4. The number of thioether (sulfide) groups is 1. The molecular formula is C24H26ClNO4S2. The highest BCUT2D eigenvalue weighted by atomic mass is 35.5. The van der Waals surface area contributed by atoms with Crippen LogP contribution in [-0.4, -0.2) is 41.5 Å². The Morgan fingerprint density at radius 2 is 1.91 bits per heavy atom. The van der Waals surface area contributed by atoms with Crippen molar-refractivity contribution in [1.82, 2.24) is 4.90 Å². The maximum atomic E-state index is 12.5. The second-order valence-corrected chi connectivity index (χ2v) is 9.14. The Morgan fingerprint density at radius 1 is 1.12 bits per heavy atom. The summed E-state index contributed by atoms with van der Waals surface area (Å²) in [5.41, 5.74) is 1.91. The molecule has 2 aromatic rings. The smallest absolute Gasteiger partial charge is 0.266 e. The summed E-state index contributed by atoms with van der Waals surface area (Å²) in [6, 6.07) is 11.5. The summed E-state index contributed by atoms with van der Waals surface area (Å²) in [5, 5.41) is 0.424. The lowest BCUT2D eigenvalue weighted by Gasteiger charge is -2.15. The van der Waals surface area contributed by atoms with Crippen LogP contribution in [0.2, 0.25) is 5.02 Å². The number of nitrogens with zero attached hydrogens (tertiary/aromatic N) is 1. The predicted molar refractivity (Wildman–Crippen MR) is 135 cm³/mol. The first-order valence-corrected chi connectivity index (χ1v) is 12.1. The average Bonchev–Trinajstić information content (AvgIpc) is 3.02. The zero-order valence-electron chi connectivity index (χ0n) is 18.4. The molecule has 32 heavy (non-hydrogen) atoms. The van der Waals surface area contributed by atoms with Crippen LogP contribution in [0.1, 0.15) is 31.4 Å². The number of amides is 1. The number of carbonyl (C=O) groups is 1. The van der Waals surface area contributed by atoms with Crippen LogP contribution < -0.4 is 14.2 Å². The van der Waals surface area contributed by atoms with Crippen LogP contribution in [0.3, 0.4) is 0 Å². The topological polar surface area (TPSA) is 48.0 Å². The minimum atomic E-state index is -0.0921. The lowest BCUT2D eigenvalue weighted by atomic mass is 10.1. The van der Waals surface area contributed by atoms with E-state index in [1.807, 2.05) is 51.1 Å². The van der Waals surface area contributed by atoms with E-state index in [1.165, 1.54) is 11.8 Å². The number of benzene rings is 2. The van der Waals surface area contributed by atoms with Gasteiger partial charge >= 0.3 is 0 Å². The number of aryl methyl sites for hydroxylation is 1. The van der Waals surface area contributed by atoms with E-state index in [0.717, 1.165) is 16.9 Å². The molecule has 2 aromatic carbocycles. The molecule has 0 bridgehead atoms. The molecular weight excluding hydrogens is 466 g/mol. The first kappa shape index (κ1) is 24.4. The van der Waals surface area contributed by atoms with Gasteiger partial charge in [0.05, 0.1) is 29.7 Å².